The molecule has 0 aliphatic carbocycles. The third-order valence-corrected chi connectivity index (χ3v) is 3.46. The van der Waals surface area contributed by atoms with Crippen molar-refractivity contribution in [3.63, 3.8) is 0 Å². The van der Waals surface area contributed by atoms with Gasteiger partial charge in [-0.15, -0.1) is 0 Å². The first kappa shape index (κ1) is 17.3. The van der Waals surface area contributed by atoms with E-state index in [1.54, 1.807) is 31.2 Å². The van der Waals surface area contributed by atoms with E-state index in [1.807, 2.05) is 0 Å². The van der Waals surface area contributed by atoms with Gasteiger partial charge in [-0.25, -0.2) is 4.39 Å². The van der Waals surface area contributed by atoms with Crippen molar-refractivity contribution in [3.8, 4) is 11.5 Å². The Morgan fingerprint density at radius 1 is 1.08 bits per heavy atom. The number of aromatic nitrogens is 2. The van der Waals surface area contributed by atoms with Crippen molar-refractivity contribution < 1.29 is 18.5 Å². The second-order valence-electron chi connectivity index (χ2n) is 5.55. The zero-order valence-corrected chi connectivity index (χ0v) is 14.0. The Balaban J connectivity index is 1.75. The summed E-state index contributed by atoms with van der Waals surface area (Å²) in [5.41, 5.74) is 1.45. The minimum absolute atomic E-state index is 0.00240. The molecule has 0 aliphatic rings. The first-order chi connectivity index (χ1) is 12.4. The molecule has 1 heterocycles. The standard InChI is InChI=1S/C18H15FN4O3/c1-10-20-18(26-23-10)13-5-3-12(4-6-13)17(25)22-14-7-8-15(19)16(9-14)21-11(2)24/h3-9H,1-2H3,(H,21,24)(H,22,25). The van der Waals surface area contributed by atoms with Crippen molar-refractivity contribution in [2.24, 2.45) is 0 Å². The molecule has 0 fully saturated rings. The summed E-state index contributed by atoms with van der Waals surface area (Å²) >= 11 is 0. The van der Waals surface area contributed by atoms with Gasteiger partial charge in [-0.2, -0.15) is 4.98 Å². The molecule has 26 heavy (non-hydrogen) atoms. The van der Waals surface area contributed by atoms with Crippen LogP contribution in [0.3, 0.4) is 0 Å². The molecule has 132 valence electrons. The van der Waals surface area contributed by atoms with Gasteiger partial charge in [0.25, 0.3) is 11.8 Å². The fraction of sp³-hybridized carbons (Fsp3) is 0.111. The summed E-state index contributed by atoms with van der Waals surface area (Å²) in [4.78, 5) is 27.5. The molecule has 0 radical (unpaired) electrons. The summed E-state index contributed by atoms with van der Waals surface area (Å²) in [5.74, 6) is -0.476. The average Bonchev–Trinajstić information content (AvgIpc) is 3.04. The van der Waals surface area contributed by atoms with Crippen LogP contribution in [0, 0.1) is 12.7 Å². The highest BCUT2D eigenvalue weighted by atomic mass is 19.1. The van der Waals surface area contributed by atoms with Gasteiger partial charge in [0.15, 0.2) is 5.82 Å². The Morgan fingerprint density at radius 3 is 2.42 bits per heavy atom. The summed E-state index contributed by atoms with van der Waals surface area (Å²) in [5, 5.41) is 8.74. The maximum atomic E-state index is 13.7. The smallest absolute Gasteiger partial charge is 0.257 e. The lowest BCUT2D eigenvalue weighted by molar-refractivity contribution is -0.114. The van der Waals surface area contributed by atoms with Gasteiger partial charge in [0, 0.05) is 23.7 Å². The number of anilines is 2. The van der Waals surface area contributed by atoms with Crippen LogP contribution >= 0.6 is 0 Å². The molecule has 0 saturated carbocycles. The monoisotopic (exact) mass is 354 g/mol. The predicted octanol–water partition coefficient (Wildman–Crippen LogP) is 3.39. The number of hydrogen-bond donors (Lipinski definition) is 2. The zero-order chi connectivity index (χ0) is 18.7. The third kappa shape index (κ3) is 3.92. The highest BCUT2D eigenvalue weighted by molar-refractivity contribution is 6.04. The van der Waals surface area contributed by atoms with Gasteiger partial charge in [0.2, 0.25) is 5.91 Å². The van der Waals surface area contributed by atoms with Crippen LogP contribution in [0.25, 0.3) is 11.5 Å². The van der Waals surface area contributed by atoms with Gasteiger partial charge in [-0.05, 0) is 49.4 Å². The van der Waals surface area contributed by atoms with E-state index in [1.165, 1.54) is 25.1 Å². The van der Waals surface area contributed by atoms with Gasteiger partial charge in [0.05, 0.1) is 5.69 Å². The number of benzene rings is 2. The Labute approximate surface area is 148 Å². The number of nitrogens with zero attached hydrogens (tertiary/aromatic N) is 2. The van der Waals surface area contributed by atoms with E-state index in [-0.39, 0.29) is 11.6 Å². The average molecular weight is 354 g/mol. The molecule has 0 atom stereocenters. The molecule has 2 amide bonds. The van der Waals surface area contributed by atoms with E-state index in [2.05, 4.69) is 20.8 Å². The maximum absolute atomic E-state index is 13.7. The van der Waals surface area contributed by atoms with Crippen LogP contribution in [0.4, 0.5) is 15.8 Å². The summed E-state index contributed by atoms with van der Waals surface area (Å²) < 4.78 is 18.7. The second-order valence-corrected chi connectivity index (χ2v) is 5.55. The Kier molecular flexibility index (Phi) is 4.74. The van der Waals surface area contributed by atoms with Gasteiger partial charge in [-0.1, -0.05) is 5.16 Å². The van der Waals surface area contributed by atoms with Crippen LogP contribution in [0.15, 0.2) is 47.0 Å². The van der Waals surface area contributed by atoms with Crippen molar-refractivity contribution in [1.82, 2.24) is 10.1 Å². The van der Waals surface area contributed by atoms with Crippen LogP contribution < -0.4 is 10.6 Å². The van der Waals surface area contributed by atoms with E-state index >= 15 is 0 Å². The van der Waals surface area contributed by atoms with Crippen molar-refractivity contribution in [3.05, 3.63) is 59.7 Å². The molecular formula is C18H15FN4O3. The number of rotatable bonds is 4. The molecule has 3 rings (SSSR count). The Bertz CT molecular complexity index is 967. The van der Waals surface area contributed by atoms with E-state index in [0.717, 1.165) is 0 Å². The van der Waals surface area contributed by atoms with E-state index in [4.69, 9.17) is 4.52 Å². The molecule has 0 unspecified atom stereocenters. The lowest BCUT2D eigenvalue weighted by Crippen LogP contribution is -2.13. The third-order valence-electron chi connectivity index (χ3n) is 3.46. The van der Waals surface area contributed by atoms with Gasteiger partial charge in [0.1, 0.15) is 5.82 Å². The summed E-state index contributed by atoms with van der Waals surface area (Å²) in [7, 11) is 0. The highest BCUT2D eigenvalue weighted by Gasteiger charge is 2.11. The normalized spacial score (nSPS) is 10.4. The van der Waals surface area contributed by atoms with Crippen molar-refractivity contribution in [2.75, 3.05) is 10.6 Å². The molecular weight excluding hydrogens is 339 g/mol. The maximum Gasteiger partial charge on any atom is 0.257 e. The fourth-order valence-corrected chi connectivity index (χ4v) is 2.27. The number of aryl methyl sites for hydroxylation is 1. The molecule has 0 saturated heterocycles. The van der Waals surface area contributed by atoms with E-state index in [9.17, 15) is 14.0 Å². The van der Waals surface area contributed by atoms with E-state index in [0.29, 0.717) is 28.5 Å². The summed E-state index contributed by atoms with van der Waals surface area (Å²) in [6.07, 6.45) is 0. The molecule has 0 bridgehead atoms. The van der Waals surface area contributed by atoms with Crippen LogP contribution in [0.2, 0.25) is 0 Å². The lowest BCUT2D eigenvalue weighted by atomic mass is 10.1. The zero-order valence-electron chi connectivity index (χ0n) is 14.0. The quantitative estimate of drug-likeness (QED) is 0.748. The number of hydrogen-bond acceptors (Lipinski definition) is 5. The second kappa shape index (κ2) is 7.14. The number of nitrogens with one attached hydrogen (secondary N) is 2. The minimum Gasteiger partial charge on any atom is -0.334 e. The van der Waals surface area contributed by atoms with Crippen LogP contribution in [0.1, 0.15) is 23.1 Å². The highest BCUT2D eigenvalue weighted by Crippen LogP contribution is 2.21. The van der Waals surface area contributed by atoms with Crippen molar-refractivity contribution >= 4 is 23.2 Å². The number of carbonyl (C=O) groups is 2. The van der Waals surface area contributed by atoms with Crippen LogP contribution in [-0.2, 0) is 4.79 Å². The summed E-state index contributed by atoms with van der Waals surface area (Å²) in [6.45, 7) is 2.99. The first-order valence-electron chi connectivity index (χ1n) is 7.71. The molecule has 8 heteroatoms. The van der Waals surface area contributed by atoms with Crippen molar-refractivity contribution in [2.45, 2.75) is 13.8 Å². The topological polar surface area (TPSA) is 97.1 Å². The fourth-order valence-electron chi connectivity index (χ4n) is 2.27. The molecule has 0 spiro atoms. The van der Waals surface area contributed by atoms with Crippen molar-refractivity contribution in [1.29, 1.82) is 0 Å². The van der Waals surface area contributed by atoms with E-state index < -0.39 is 11.7 Å². The Hall–Kier alpha value is -3.55. The molecule has 7 nitrogen and oxygen atoms in total. The molecule has 0 aliphatic heterocycles. The summed E-state index contributed by atoms with van der Waals surface area (Å²) in [6, 6.07) is 10.5. The number of amides is 2. The van der Waals surface area contributed by atoms with Crippen LogP contribution in [0.5, 0.6) is 0 Å². The number of carbonyl (C=O) groups excluding carboxylic acids is 2. The largest absolute Gasteiger partial charge is 0.334 e. The molecule has 1 aromatic heterocycles. The van der Waals surface area contributed by atoms with Gasteiger partial charge < -0.3 is 15.2 Å². The predicted molar refractivity (Wildman–Crippen MR) is 93.1 cm³/mol. The first-order valence-corrected chi connectivity index (χ1v) is 7.71. The molecule has 2 N–H and O–H groups in total. The molecule has 3 aromatic rings. The van der Waals surface area contributed by atoms with Crippen LogP contribution in [-0.4, -0.2) is 22.0 Å². The SMILES string of the molecule is CC(=O)Nc1cc(NC(=O)c2ccc(-c3nc(C)no3)cc2)ccc1F. The minimum atomic E-state index is -0.586. The lowest BCUT2D eigenvalue weighted by Gasteiger charge is -2.09. The van der Waals surface area contributed by atoms with Gasteiger partial charge >= 0.3 is 0 Å². The van der Waals surface area contributed by atoms with Gasteiger partial charge in [-0.3, -0.25) is 9.59 Å². The Morgan fingerprint density at radius 2 is 1.81 bits per heavy atom. The molecule has 2 aromatic carbocycles. The number of halogens is 1.